The van der Waals surface area contributed by atoms with Gasteiger partial charge in [-0.3, -0.25) is 33.9 Å². The van der Waals surface area contributed by atoms with Crippen molar-refractivity contribution in [2.45, 2.75) is 12.5 Å². The SMILES string of the molecule is Cn1cc(C2=C(c3cn(P(=O)(O)OC(Cc4ccccc4)c4ccccc4)c4ccccc34)C(=O)NC2=O)c2ccc([N+](=O)[O-])cc21. The molecule has 0 radical (unpaired) electrons. The number of carbonyl (C=O) groups is 2. The van der Waals surface area contributed by atoms with Gasteiger partial charge in [0.15, 0.2) is 0 Å². The number of aromatic nitrogens is 2. The van der Waals surface area contributed by atoms with E-state index in [9.17, 15) is 29.2 Å². The molecule has 0 aliphatic carbocycles. The first kappa shape index (κ1) is 30.1. The predicted molar refractivity (Wildman–Crippen MR) is 177 cm³/mol. The Morgan fingerprint density at radius 2 is 1.43 bits per heavy atom. The summed E-state index contributed by atoms with van der Waals surface area (Å²) in [5.74, 6) is -1.32. The van der Waals surface area contributed by atoms with E-state index in [-0.39, 0.29) is 22.4 Å². The van der Waals surface area contributed by atoms with Crippen molar-refractivity contribution >= 4 is 58.2 Å². The summed E-state index contributed by atoms with van der Waals surface area (Å²) in [6.45, 7) is 0. The van der Waals surface area contributed by atoms with Crippen molar-refractivity contribution in [3.05, 3.63) is 148 Å². The van der Waals surface area contributed by atoms with Gasteiger partial charge in [-0.1, -0.05) is 78.9 Å². The molecular weight excluding hydrogens is 619 g/mol. The van der Waals surface area contributed by atoms with Gasteiger partial charge in [-0.05, 0) is 23.3 Å². The number of nitrogens with one attached hydrogen (secondary N) is 1. The topological polar surface area (TPSA) is 146 Å². The van der Waals surface area contributed by atoms with E-state index in [0.717, 1.165) is 9.90 Å². The molecule has 1 aliphatic heterocycles. The Bertz CT molecular complexity index is 2310. The molecule has 2 N–H and O–H groups in total. The van der Waals surface area contributed by atoms with Crippen LogP contribution < -0.4 is 5.32 Å². The average Bonchev–Trinajstić information content (AvgIpc) is 3.71. The highest BCUT2D eigenvalue weighted by molar-refractivity contribution is 7.51. The van der Waals surface area contributed by atoms with E-state index in [1.807, 2.05) is 60.7 Å². The zero-order chi connectivity index (χ0) is 32.9. The first-order valence-corrected chi connectivity index (χ1v) is 16.2. The van der Waals surface area contributed by atoms with Crippen LogP contribution in [0.5, 0.6) is 0 Å². The largest absolute Gasteiger partial charge is 0.437 e. The molecule has 1 aliphatic rings. The summed E-state index contributed by atoms with van der Waals surface area (Å²) in [5.41, 5.74) is 3.05. The van der Waals surface area contributed by atoms with Crippen LogP contribution in [0.3, 0.4) is 0 Å². The lowest BCUT2D eigenvalue weighted by Crippen LogP contribution is -2.22. The Kier molecular flexibility index (Phi) is 7.44. The van der Waals surface area contributed by atoms with E-state index >= 15 is 0 Å². The van der Waals surface area contributed by atoms with Gasteiger partial charge in [-0.25, -0.2) is 4.57 Å². The number of para-hydroxylation sites is 1. The fourth-order valence-corrected chi connectivity index (χ4v) is 7.49. The lowest BCUT2D eigenvalue weighted by Gasteiger charge is -2.23. The van der Waals surface area contributed by atoms with Gasteiger partial charge in [0.1, 0.15) is 0 Å². The van der Waals surface area contributed by atoms with Crippen molar-refractivity contribution in [1.29, 1.82) is 0 Å². The molecule has 0 saturated heterocycles. The number of hydrogen-bond acceptors (Lipinski definition) is 6. The summed E-state index contributed by atoms with van der Waals surface area (Å²) in [6.07, 6.45) is 2.55. The second-order valence-corrected chi connectivity index (χ2v) is 12.9. The van der Waals surface area contributed by atoms with E-state index in [1.54, 1.807) is 48.1 Å². The van der Waals surface area contributed by atoms with Gasteiger partial charge in [0.05, 0.1) is 33.2 Å². The minimum absolute atomic E-state index is 0.0136. The number of rotatable bonds is 9. The number of hydrogen-bond donors (Lipinski definition) is 2. The lowest BCUT2D eigenvalue weighted by atomic mass is 9.95. The average molecular weight is 647 g/mol. The highest BCUT2D eigenvalue weighted by Crippen LogP contribution is 2.52. The highest BCUT2D eigenvalue weighted by Gasteiger charge is 2.38. The zero-order valence-electron chi connectivity index (χ0n) is 24.9. The standard InChI is InChI=1S/C35H27N4O7P/c1-37-20-27(26-17-16-24(39(42)43)19-30(26)37)32-33(35(41)36-34(32)40)28-21-38(29-15-9-8-14-25(28)29)47(44,45)46-31(23-12-6-3-7-13-23)18-22-10-4-2-5-11-22/h2-17,19-21,31H,18H2,1H3,(H,44,45)(H,36,40,41). The fourth-order valence-electron chi connectivity index (χ4n) is 6.15. The maximum absolute atomic E-state index is 14.2. The highest BCUT2D eigenvalue weighted by atomic mass is 31.2. The molecule has 6 aromatic rings. The van der Waals surface area contributed by atoms with E-state index in [1.165, 1.54) is 18.3 Å². The number of non-ortho nitro benzene ring substituents is 1. The Morgan fingerprint density at radius 3 is 2.11 bits per heavy atom. The summed E-state index contributed by atoms with van der Waals surface area (Å²) in [6, 6.07) is 29.7. The molecule has 2 aromatic heterocycles. The molecule has 234 valence electrons. The number of aryl methyl sites for hydroxylation is 1. The summed E-state index contributed by atoms with van der Waals surface area (Å²) < 4.78 is 23.1. The van der Waals surface area contributed by atoms with Crippen LogP contribution in [-0.2, 0) is 32.1 Å². The van der Waals surface area contributed by atoms with Crippen molar-refractivity contribution < 1.29 is 28.5 Å². The molecule has 0 bridgehead atoms. The number of benzene rings is 4. The summed E-state index contributed by atoms with van der Waals surface area (Å²) in [4.78, 5) is 49.4. The fraction of sp³-hybridized carbons (Fsp3) is 0.0857. The number of amides is 2. The predicted octanol–water partition coefficient (Wildman–Crippen LogP) is 6.56. The third kappa shape index (κ3) is 5.36. The summed E-state index contributed by atoms with van der Waals surface area (Å²) in [7, 11) is -2.95. The van der Waals surface area contributed by atoms with Crippen molar-refractivity contribution in [3.8, 4) is 0 Å². The summed E-state index contributed by atoms with van der Waals surface area (Å²) >= 11 is 0. The first-order chi connectivity index (χ1) is 22.6. The molecular formula is C35H27N4O7P. The van der Waals surface area contributed by atoms with E-state index in [2.05, 4.69) is 5.32 Å². The van der Waals surface area contributed by atoms with Gasteiger partial charge < -0.3 is 9.46 Å². The van der Waals surface area contributed by atoms with Crippen LogP contribution >= 0.6 is 7.75 Å². The molecule has 12 heteroatoms. The molecule has 0 saturated carbocycles. The van der Waals surface area contributed by atoms with Gasteiger partial charge in [-0.15, -0.1) is 0 Å². The van der Waals surface area contributed by atoms with Gasteiger partial charge in [0, 0.05) is 59.9 Å². The third-order valence-electron chi connectivity index (χ3n) is 8.32. The molecule has 3 heterocycles. The normalized spacial score (nSPS) is 15.3. The Labute approximate surface area is 268 Å². The molecule has 0 spiro atoms. The first-order valence-electron chi connectivity index (χ1n) is 14.7. The minimum atomic E-state index is -4.64. The molecule has 7 rings (SSSR count). The van der Waals surface area contributed by atoms with Crippen LogP contribution in [0.2, 0.25) is 0 Å². The quantitative estimate of drug-likeness (QED) is 0.0783. The number of carbonyl (C=O) groups excluding carboxylic acids is 2. The van der Waals surface area contributed by atoms with Crippen molar-refractivity contribution in [1.82, 2.24) is 14.2 Å². The monoisotopic (exact) mass is 646 g/mol. The van der Waals surface area contributed by atoms with Crippen molar-refractivity contribution in [2.75, 3.05) is 0 Å². The summed E-state index contributed by atoms with van der Waals surface area (Å²) in [5, 5.41) is 14.8. The maximum Gasteiger partial charge on any atom is 0.437 e. The Balaban J connectivity index is 1.37. The van der Waals surface area contributed by atoms with Crippen LogP contribution in [-0.4, -0.2) is 30.5 Å². The second kappa shape index (κ2) is 11.6. The van der Waals surface area contributed by atoms with Crippen LogP contribution in [0.15, 0.2) is 116 Å². The number of nitrogens with zero attached hydrogens (tertiary/aromatic N) is 3. The minimum Gasteiger partial charge on any atom is -0.350 e. The van der Waals surface area contributed by atoms with Crippen LogP contribution in [0.1, 0.15) is 28.4 Å². The van der Waals surface area contributed by atoms with Crippen LogP contribution in [0.4, 0.5) is 5.69 Å². The van der Waals surface area contributed by atoms with Crippen molar-refractivity contribution in [2.24, 2.45) is 7.05 Å². The second-order valence-electron chi connectivity index (χ2n) is 11.2. The van der Waals surface area contributed by atoms with Crippen LogP contribution in [0, 0.1) is 10.1 Å². The van der Waals surface area contributed by atoms with E-state index in [4.69, 9.17) is 4.52 Å². The molecule has 4 aromatic carbocycles. The smallest absolute Gasteiger partial charge is 0.350 e. The zero-order valence-corrected chi connectivity index (χ0v) is 25.8. The number of imide groups is 1. The number of nitro benzene ring substituents is 1. The van der Waals surface area contributed by atoms with Crippen molar-refractivity contribution in [3.63, 3.8) is 0 Å². The maximum atomic E-state index is 14.2. The molecule has 0 fully saturated rings. The third-order valence-corrected chi connectivity index (χ3v) is 9.72. The van der Waals surface area contributed by atoms with Gasteiger partial charge in [-0.2, -0.15) is 0 Å². The molecule has 2 atom stereocenters. The molecule has 2 unspecified atom stereocenters. The lowest BCUT2D eigenvalue weighted by molar-refractivity contribution is -0.384. The molecule has 2 amide bonds. The Morgan fingerprint density at radius 1 is 0.830 bits per heavy atom. The Hall–Kier alpha value is -5.61. The van der Waals surface area contributed by atoms with Gasteiger partial charge in [0.2, 0.25) is 0 Å². The van der Waals surface area contributed by atoms with E-state index < -0.39 is 30.6 Å². The number of fused-ring (bicyclic) bond motifs is 2. The van der Waals surface area contributed by atoms with Gasteiger partial charge in [0.25, 0.3) is 17.5 Å². The van der Waals surface area contributed by atoms with E-state index in [0.29, 0.717) is 39.4 Å². The van der Waals surface area contributed by atoms with Gasteiger partial charge >= 0.3 is 7.75 Å². The molecule has 47 heavy (non-hydrogen) atoms. The molecule has 11 nitrogen and oxygen atoms in total. The van der Waals surface area contributed by atoms with Crippen LogP contribution in [0.25, 0.3) is 33.0 Å². The number of nitro groups is 1.